The molecular formula is C15H23NO4S. The summed E-state index contributed by atoms with van der Waals surface area (Å²) in [5.41, 5.74) is 1.51. The summed E-state index contributed by atoms with van der Waals surface area (Å²) in [5.74, 6) is -0.384. The van der Waals surface area contributed by atoms with E-state index in [4.69, 9.17) is 0 Å². The lowest BCUT2D eigenvalue weighted by atomic mass is 9.80. The Balaban J connectivity index is 2.52. The Morgan fingerprint density at radius 3 is 2.62 bits per heavy atom. The second-order valence-electron chi connectivity index (χ2n) is 6.36. The summed E-state index contributed by atoms with van der Waals surface area (Å²) in [6, 6.07) is 5.01. The number of fused-ring (bicyclic) bond motifs is 1. The highest BCUT2D eigenvalue weighted by Gasteiger charge is 2.39. The second kappa shape index (κ2) is 5.50. The van der Waals surface area contributed by atoms with Crippen LogP contribution in [-0.4, -0.2) is 35.9 Å². The predicted octanol–water partition coefficient (Wildman–Crippen LogP) is 2.76. The molecule has 21 heavy (non-hydrogen) atoms. The van der Waals surface area contributed by atoms with Crippen LogP contribution in [0.25, 0.3) is 0 Å². The largest absolute Gasteiger partial charge is 0.508 e. The van der Waals surface area contributed by atoms with Gasteiger partial charge in [0.15, 0.2) is 0 Å². The maximum atomic E-state index is 11.3. The monoisotopic (exact) mass is 313 g/mol. The van der Waals surface area contributed by atoms with Crippen molar-refractivity contribution in [3.8, 4) is 5.75 Å². The minimum Gasteiger partial charge on any atom is -0.508 e. The number of hydrogen-bond acceptors (Lipinski definition) is 4. The standard InChI is InChI=1S/C15H23NO4S/c1-4-7-16-14-8-12(17)5-6-13(14)11(9-15(16,2)3)10-21(18,19)20/h5-6,8,11,17H,4,7,9-10H2,1-3H3,(H,18,19,20). The Bertz CT molecular complexity index is 625. The average molecular weight is 313 g/mol. The fourth-order valence-corrected chi connectivity index (χ4v) is 4.12. The molecule has 0 radical (unpaired) electrons. The number of hydrogen-bond donors (Lipinski definition) is 2. The zero-order chi connectivity index (χ0) is 15.8. The summed E-state index contributed by atoms with van der Waals surface area (Å²) in [6.07, 6.45) is 1.60. The van der Waals surface area contributed by atoms with Crippen LogP contribution < -0.4 is 4.90 Å². The van der Waals surface area contributed by atoms with E-state index in [1.807, 2.05) is 0 Å². The van der Waals surface area contributed by atoms with Crippen molar-refractivity contribution in [2.24, 2.45) is 0 Å². The van der Waals surface area contributed by atoms with Crippen molar-refractivity contribution < 1.29 is 18.1 Å². The summed E-state index contributed by atoms with van der Waals surface area (Å²) in [7, 11) is -4.04. The molecule has 1 unspecified atom stereocenters. The van der Waals surface area contributed by atoms with E-state index in [0.717, 1.165) is 24.2 Å². The van der Waals surface area contributed by atoms with Crippen molar-refractivity contribution in [2.75, 3.05) is 17.2 Å². The summed E-state index contributed by atoms with van der Waals surface area (Å²) < 4.78 is 31.8. The van der Waals surface area contributed by atoms with Crippen LogP contribution in [0, 0.1) is 0 Å². The molecule has 1 atom stereocenters. The number of benzene rings is 1. The molecule has 2 N–H and O–H groups in total. The van der Waals surface area contributed by atoms with Crippen LogP contribution >= 0.6 is 0 Å². The molecule has 0 spiro atoms. The minimum absolute atomic E-state index is 0.165. The molecule has 5 nitrogen and oxygen atoms in total. The number of rotatable bonds is 4. The fraction of sp³-hybridized carbons (Fsp3) is 0.600. The van der Waals surface area contributed by atoms with Crippen LogP contribution in [0.15, 0.2) is 18.2 Å². The normalized spacial score (nSPS) is 21.1. The van der Waals surface area contributed by atoms with E-state index in [1.54, 1.807) is 18.2 Å². The number of phenolic OH excluding ortho intramolecular Hbond substituents is 1. The van der Waals surface area contributed by atoms with Crippen LogP contribution in [0.4, 0.5) is 5.69 Å². The van der Waals surface area contributed by atoms with Gasteiger partial charge in [-0.05, 0) is 38.3 Å². The highest BCUT2D eigenvalue weighted by atomic mass is 32.2. The predicted molar refractivity (Wildman–Crippen MR) is 83.6 cm³/mol. The smallest absolute Gasteiger partial charge is 0.265 e. The van der Waals surface area contributed by atoms with Crippen molar-refractivity contribution in [1.29, 1.82) is 0 Å². The zero-order valence-electron chi connectivity index (χ0n) is 12.7. The molecule has 0 saturated carbocycles. The van der Waals surface area contributed by atoms with Crippen molar-refractivity contribution in [2.45, 2.75) is 45.1 Å². The van der Waals surface area contributed by atoms with Crippen LogP contribution in [0.2, 0.25) is 0 Å². The van der Waals surface area contributed by atoms with Gasteiger partial charge < -0.3 is 10.0 Å². The summed E-state index contributed by atoms with van der Waals surface area (Å²) in [6.45, 7) is 7.05. The first kappa shape index (κ1) is 16.1. The molecule has 118 valence electrons. The lowest BCUT2D eigenvalue weighted by Crippen LogP contribution is -2.49. The summed E-state index contributed by atoms with van der Waals surface area (Å²) in [4.78, 5) is 2.21. The SMILES string of the molecule is CCCN1c2cc(O)ccc2C(CS(=O)(=O)O)CC1(C)C. The van der Waals surface area contributed by atoms with Crippen molar-refractivity contribution in [3.63, 3.8) is 0 Å². The molecule has 1 aliphatic heterocycles. The van der Waals surface area contributed by atoms with Gasteiger partial charge in [0.1, 0.15) is 5.75 Å². The van der Waals surface area contributed by atoms with Crippen LogP contribution in [0.5, 0.6) is 5.75 Å². The van der Waals surface area contributed by atoms with Crippen molar-refractivity contribution >= 4 is 15.8 Å². The molecule has 0 saturated heterocycles. The fourth-order valence-electron chi connectivity index (χ4n) is 3.31. The van der Waals surface area contributed by atoms with E-state index >= 15 is 0 Å². The number of anilines is 1. The van der Waals surface area contributed by atoms with E-state index in [1.165, 1.54) is 0 Å². The molecule has 1 aliphatic rings. The highest BCUT2D eigenvalue weighted by molar-refractivity contribution is 7.85. The van der Waals surface area contributed by atoms with Gasteiger partial charge in [-0.15, -0.1) is 0 Å². The lowest BCUT2D eigenvalue weighted by molar-refractivity contribution is 0.370. The van der Waals surface area contributed by atoms with Gasteiger partial charge in [-0.1, -0.05) is 13.0 Å². The second-order valence-corrected chi connectivity index (χ2v) is 7.85. The molecule has 0 bridgehead atoms. The Morgan fingerprint density at radius 2 is 2.05 bits per heavy atom. The van der Waals surface area contributed by atoms with Crippen LogP contribution in [-0.2, 0) is 10.1 Å². The van der Waals surface area contributed by atoms with Gasteiger partial charge in [-0.2, -0.15) is 8.42 Å². The maximum absolute atomic E-state index is 11.3. The van der Waals surface area contributed by atoms with Crippen LogP contribution in [0.1, 0.15) is 45.1 Å². The molecule has 0 amide bonds. The highest BCUT2D eigenvalue weighted by Crippen LogP contribution is 2.45. The van der Waals surface area contributed by atoms with Gasteiger partial charge in [0.05, 0.1) is 5.75 Å². The van der Waals surface area contributed by atoms with E-state index in [2.05, 4.69) is 25.7 Å². The molecule has 0 aliphatic carbocycles. The maximum Gasteiger partial charge on any atom is 0.265 e. The van der Waals surface area contributed by atoms with Crippen molar-refractivity contribution in [3.05, 3.63) is 23.8 Å². The minimum atomic E-state index is -4.04. The Hall–Kier alpha value is -1.27. The molecule has 2 rings (SSSR count). The topological polar surface area (TPSA) is 77.8 Å². The van der Waals surface area contributed by atoms with Gasteiger partial charge in [0, 0.05) is 29.8 Å². The van der Waals surface area contributed by atoms with E-state index in [-0.39, 0.29) is 23.0 Å². The average Bonchev–Trinajstić information content (AvgIpc) is 2.31. The van der Waals surface area contributed by atoms with Gasteiger partial charge in [-0.25, -0.2) is 0 Å². The molecule has 1 aromatic carbocycles. The van der Waals surface area contributed by atoms with Gasteiger partial charge in [0.25, 0.3) is 10.1 Å². The molecule has 1 aromatic rings. The third kappa shape index (κ3) is 3.49. The Labute approximate surface area is 126 Å². The lowest BCUT2D eigenvalue weighted by Gasteiger charge is -2.48. The molecule has 0 fully saturated rings. The zero-order valence-corrected chi connectivity index (χ0v) is 13.5. The molecule has 6 heteroatoms. The van der Waals surface area contributed by atoms with E-state index in [0.29, 0.717) is 6.42 Å². The first-order valence-corrected chi connectivity index (χ1v) is 8.80. The molecular weight excluding hydrogens is 290 g/mol. The number of phenols is 1. The first-order valence-electron chi connectivity index (χ1n) is 7.20. The summed E-state index contributed by atoms with van der Waals surface area (Å²) in [5, 5.41) is 9.77. The van der Waals surface area contributed by atoms with Gasteiger partial charge in [-0.3, -0.25) is 4.55 Å². The molecule has 0 aromatic heterocycles. The third-order valence-corrected chi connectivity index (χ3v) is 4.90. The van der Waals surface area contributed by atoms with Crippen molar-refractivity contribution in [1.82, 2.24) is 0 Å². The van der Waals surface area contributed by atoms with E-state index in [9.17, 15) is 18.1 Å². The van der Waals surface area contributed by atoms with E-state index < -0.39 is 10.1 Å². The number of aromatic hydroxyl groups is 1. The first-order chi connectivity index (χ1) is 9.64. The summed E-state index contributed by atoms with van der Waals surface area (Å²) >= 11 is 0. The Kier molecular flexibility index (Phi) is 4.22. The quantitative estimate of drug-likeness (QED) is 0.836. The van der Waals surface area contributed by atoms with Gasteiger partial charge in [0.2, 0.25) is 0 Å². The Morgan fingerprint density at radius 1 is 1.38 bits per heavy atom. The number of nitrogens with zero attached hydrogens (tertiary/aromatic N) is 1. The van der Waals surface area contributed by atoms with Gasteiger partial charge >= 0.3 is 0 Å². The third-order valence-electron chi connectivity index (χ3n) is 4.08. The molecule has 1 heterocycles. The van der Waals surface area contributed by atoms with Crippen LogP contribution in [0.3, 0.4) is 0 Å².